The number of aromatic nitrogens is 4. The minimum absolute atomic E-state index is 0. The summed E-state index contributed by atoms with van der Waals surface area (Å²) in [5.41, 5.74) is 15.0. The fraction of sp³-hybridized carbons (Fsp3) is 0. The smallest absolute Gasteiger partial charge is 2.00 e. The summed E-state index contributed by atoms with van der Waals surface area (Å²) in [6, 6.07) is 50.0. The van der Waals surface area contributed by atoms with Crippen molar-refractivity contribution in [2.75, 3.05) is 0 Å². The maximum Gasteiger partial charge on any atom is 2.00 e. The van der Waals surface area contributed by atoms with E-state index in [2.05, 4.69) is 152 Å². The van der Waals surface area contributed by atoms with Gasteiger partial charge in [0.25, 0.3) is 0 Å². The Morgan fingerprint density at radius 2 is 0.549 bits per heavy atom. The summed E-state index contributed by atoms with van der Waals surface area (Å²) in [5.74, 6) is 0. The molecule has 8 bridgehead atoms. The van der Waals surface area contributed by atoms with Crippen LogP contribution < -0.4 is 9.97 Å². The SMILES string of the molecule is C1=Cc2nc1c(-c1ccccc1)c1ccc([n-]1)c(-c1ccccc1)c1nc(c(-c3ccccc3)c3ccc([n-]3)c2-c2ccccc2)C=C1.[C-]#[O+].[Ru+2]. The predicted molar refractivity (Wildman–Crippen MR) is 202 cm³/mol. The van der Waals surface area contributed by atoms with Crippen molar-refractivity contribution in [2.24, 2.45) is 0 Å². The molecule has 2 aliphatic rings. The van der Waals surface area contributed by atoms with Gasteiger partial charge in [-0.15, -0.1) is 22.1 Å². The van der Waals surface area contributed by atoms with E-state index in [-0.39, 0.29) is 19.5 Å². The Morgan fingerprint density at radius 3 is 0.765 bits per heavy atom. The van der Waals surface area contributed by atoms with E-state index in [0.717, 1.165) is 89.4 Å². The Kier molecular flexibility index (Phi) is 9.65. The third-order valence-corrected chi connectivity index (χ3v) is 8.86. The minimum atomic E-state index is 0. The van der Waals surface area contributed by atoms with Crippen molar-refractivity contribution < 1.29 is 24.1 Å². The Hall–Kier alpha value is -6.16. The largest absolute Gasteiger partial charge is 2.00 e. The molecule has 0 N–H and O–H groups in total. The molecule has 3 aromatic heterocycles. The molecule has 51 heavy (non-hydrogen) atoms. The summed E-state index contributed by atoms with van der Waals surface area (Å²) in [7, 11) is 0. The predicted octanol–water partition coefficient (Wildman–Crippen LogP) is 10.5. The van der Waals surface area contributed by atoms with Gasteiger partial charge in [0.2, 0.25) is 0 Å². The molecule has 4 aromatic carbocycles. The summed E-state index contributed by atoms with van der Waals surface area (Å²) >= 11 is 0. The zero-order valence-corrected chi connectivity index (χ0v) is 29.0. The maximum atomic E-state index is 7.50. The molecule has 0 radical (unpaired) electrons. The second-order valence-electron chi connectivity index (χ2n) is 11.8. The monoisotopic (exact) mass is 742 g/mol. The Labute approximate surface area is 308 Å². The van der Waals surface area contributed by atoms with Gasteiger partial charge in [-0.1, -0.05) is 146 Å². The molecule has 9 rings (SSSR count). The van der Waals surface area contributed by atoms with E-state index in [4.69, 9.17) is 24.6 Å². The molecule has 0 unspecified atom stereocenters. The van der Waals surface area contributed by atoms with Crippen LogP contribution in [0.2, 0.25) is 0 Å². The van der Waals surface area contributed by atoms with Crippen LogP contribution in [0.25, 0.3) is 90.9 Å². The Morgan fingerprint density at radius 1 is 0.333 bits per heavy atom. The average molecular weight is 742 g/mol. The van der Waals surface area contributed by atoms with E-state index < -0.39 is 0 Å². The molecule has 5 nitrogen and oxygen atoms in total. The van der Waals surface area contributed by atoms with Crippen LogP contribution in [0, 0.1) is 6.65 Å². The van der Waals surface area contributed by atoms with E-state index in [1.807, 2.05) is 24.3 Å². The van der Waals surface area contributed by atoms with Crippen LogP contribution in [0.5, 0.6) is 0 Å². The number of fused-ring (bicyclic) bond motifs is 8. The van der Waals surface area contributed by atoms with Gasteiger partial charge in [0.1, 0.15) is 0 Å². The molecule has 0 spiro atoms. The number of nitrogens with zero attached hydrogens (tertiary/aromatic N) is 4. The third kappa shape index (κ3) is 6.36. The van der Waals surface area contributed by atoms with Crippen molar-refractivity contribution in [1.29, 1.82) is 0 Å². The molecule has 0 amide bonds. The van der Waals surface area contributed by atoms with Crippen molar-refractivity contribution in [3.63, 3.8) is 0 Å². The van der Waals surface area contributed by atoms with Gasteiger partial charge >= 0.3 is 30.8 Å². The number of rotatable bonds is 4. The van der Waals surface area contributed by atoms with Crippen molar-refractivity contribution >= 4 is 46.4 Å². The molecule has 5 heterocycles. The molecule has 242 valence electrons. The van der Waals surface area contributed by atoms with Crippen molar-refractivity contribution in [2.45, 2.75) is 0 Å². The number of hydrogen-bond acceptors (Lipinski definition) is 2. The maximum absolute atomic E-state index is 7.50. The average Bonchev–Trinajstić information content (AvgIpc) is 4.02. The summed E-state index contributed by atoms with van der Waals surface area (Å²) in [4.78, 5) is 21.2. The van der Waals surface area contributed by atoms with Crippen LogP contribution in [0.3, 0.4) is 0 Å². The van der Waals surface area contributed by atoms with E-state index in [9.17, 15) is 0 Å². The Balaban J connectivity index is 0.00000133. The van der Waals surface area contributed by atoms with Crippen LogP contribution in [0.15, 0.2) is 146 Å². The first-order valence-electron chi connectivity index (χ1n) is 16.3. The summed E-state index contributed by atoms with van der Waals surface area (Å²) in [6.07, 6.45) is 8.41. The molecule has 0 saturated carbocycles. The fourth-order valence-corrected chi connectivity index (χ4v) is 6.69. The van der Waals surface area contributed by atoms with Gasteiger partial charge in [-0.25, -0.2) is 9.97 Å². The zero-order chi connectivity index (χ0) is 33.9. The minimum Gasteiger partial charge on any atom is 2.00 e. The molecule has 0 atom stereocenters. The van der Waals surface area contributed by atoms with Crippen LogP contribution in [0.1, 0.15) is 22.8 Å². The summed E-state index contributed by atoms with van der Waals surface area (Å²) in [5, 5.41) is 0. The molecular weight excluding hydrogens is 714 g/mol. The second kappa shape index (κ2) is 14.8. The number of benzene rings is 4. The molecule has 7 aromatic rings. The first-order chi connectivity index (χ1) is 24.8. The van der Waals surface area contributed by atoms with E-state index >= 15 is 0 Å². The van der Waals surface area contributed by atoms with Crippen molar-refractivity contribution in [1.82, 2.24) is 19.9 Å². The molecule has 6 heteroatoms. The van der Waals surface area contributed by atoms with Gasteiger partial charge in [-0.2, -0.15) is 0 Å². The Bertz CT molecular complexity index is 2240. The zero-order valence-electron chi connectivity index (χ0n) is 27.2. The summed E-state index contributed by atoms with van der Waals surface area (Å²) in [6.45, 7) is 4.50. The molecule has 0 aliphatic carbocycles. The van der Waals surface area contributed by atoms with Gasteiger partial charge in [0, 0.05) is 0 Å². The molecule has 0 saturated heterocycles. The summed E-state index contributed by atoms with van der Waals surface area (Å²) < 4.78 is 7.50. The van der Waals surface area contributed by atoms with E-state index in [0.29, 0.717) is 0 Å². The van der Waals surface area contributed by atoms with Crippen LogP contribution in [0.4, 0.5) is 0 Å². The van der Waals surface area contributed by atoms with E-state index in [1.54, 1.807) is 0 Å². The van der Waals surface area contributed by atoms with Gasteiger partial charge in [0.05, 0.1) is 22.8 Å². The standard InChI is InChI=1S/C44H28N4.CO.Ru/c1-5-13-29(14-6-1)41-33-21-23-35(45-33)42(30-15-7-2-8-16-30)37-25-27-39(47-37)44(32-19-11-4-12-20-32)40-28-26-38(48-40)43(31-17-9-3-10-18-31)36-24-22-34(41)46-36;1-2;/h1-28H;;/q-2;;+2. The number of hydrogen-bond donors (Lipinski definition) is 0. The third-order valence-electron chi connectivity index (χ3n) is 8.86. The van der Waals surface area contributed by atoms with Crippen molar-refractivity contribution in [3.05, 3.63) is 175 Å². The van der Waals surface area contributed by atoms with Gasteiger partial charge in [-0.05, 0) is 68.8 Å². The molecule has 2 aliphatic heterocycles. The fourth-order valence-electron chi connectivity index (χ4n) is 6.69. The van der Waals surface area contributed by atoms with Crippen LogP contribution in [-0.2, 0) is 24.1 Å². The normalized spacial score (nSPS) is 11.3. The van der Waals surface area contributed by atoms with Gasteiger partial charge in [-0.3, -0.25) is 0 Å². The van der Waals surface area contributed by atoms with Crippen LogP contribution >= 0.6 is 0 Å². The quantitative estimate of drug-likeness (QED) is 0.102. The topological polar surface area (TPSA) is 73.9 Å². The van der Waals surface area contributed by atoms with Gasteiger partial charge in [0.15, 0.2) is 0 Å². The van der Waals surface area contributed by atoms with E-state index in [1.165, 1.54) is 0 Å². The molecule has 0 fully saturated rings. The van der Waals surface area contributed by atoms with Crippen LogP contribution in [-0.4, -0.2) is 9.97 Å². The van der Waals surface area contributed by atoms with Gasteiger partial charge < -0.3 is 9.97 Å². The first kappa shape index (κ1) is 33.3. The molecular formula is C45H28N4ORu. The first-order valence-corrected chi connectivity index (χ1v) is 16.3. The van der Waals surface area contributed by atoms with Crippen molar-refractivity contribution in [3.8, 4) is 44.5 Å². The second-order valence-corrected chi connectivity index (χ2v) is 11.8.